The summed E-state index contributed by atoms with van der Waals surface area (Å²) in [6.07, 6.45) is -0.377. The molecule has 2 heterocycles. The Hall–Kier alpha value is -0.280. The van der Waals surface area contributed by atoms with E-state index in [0.29, 0.717) is 26.4 Å². The molecule has 0 bridgehead atoms. The lowest BCUT2D eigenvalue weighted by atomic mass is 9.84. The maximum Gasteiger partial charge on any atom is 0.104 e. The fourth-order valence-electron chi connectivity index (χ4n) is 1.72. The summed E-state index contributed by atoms with van der Waals surface area (Å²) < 4.78 is 21.2. The van der Waals surface area contributed by atoms with Gasteiger partial charge in [0.05, 0.1) is 64.4 Å². The van der Waals surface area contributed by atoms with Gasteiger partial charge in [0.15, 0.2) is 0 Å². The molecule has 19 heavy (non-hydrogen) atoms. The molecule has 0 radical (unpaired) electrons. The van der Waals surface area contributed by atoms with Crippen molar-refractivity contribution in [1.29, 1.82) is 0 Å². The second kappa shape index (κ2) is 6.94. The van der Waals surface area contributed by atoms with Crippen LogP contribution in [-0.2, 0) is 18.9 Å². The van der Waals surface area contributed by atoms with Crippen molar-refractivity contribution in [1.82, 2.24) is 0 Å². The van der Waals surface area contributed by atoms with Gasteiger partial charge in [0.2, 0.25) is 0 Å². The Bertz CT molecular complexity index is 253. The minimum atomic E-state index is -1.11. The number of aliphatic hydroxyl groups excluding tert-OH is 3. The van der Waals surface area contributed by atoms with Gasteiger partial charge >= 0.3 is 0 Å². The molecule has 3 atom stereocenters. The summed E-state index contributed by atoms with van der Waals surface area (Å²) >= 11 is 0. The van der Waals surface area contributed by atoms with Gasteiger partial charge in [-0.2, -0.15) is 0 Å². The highest BCUT2D eigenvalue weighted by Crippen LogP contribution is 2.25. The fraction of sp³-hybridized carbons (Fsp3) is 1.00. The predicted molar refractivity (Wildman–Crippen MR) is 63.7 cm³/mol. The van der Waals surface area contributed by atoms with Crippen LogP contribution in [0.4, 0.5) is 0 Å². The first-order chi connectivity index (χ1) is 9.24. The second-order valence-corrected chi connectivity index (χ2v) is 5.11. The molecule has 2 aliphatic rings. The highest BCUT2D eigenvalue weighted by atomic mass is 16.6. The van der Waals surface area contributed by atoms with Gasteiger partial charge < -0.3 is 34.3 Å². The lowest BCUT2D eigenvalue weighted by Gasteiger charge is -2.35. The molecule has 0 aromatic heterocycles. The Labute approximate surface area is 112 Å². The van der Waals surface area contributed by atoms with Gasteiger partial charge in [-0.3, -0.25) is 0 Å². The van der Waals surface area contributed by atoms with Crippen LogP contribution < -0.4 is 0 Å². The molecule has 2 rings (SSSR count). The van der Waals surface area contributed by atoms with E-state index in [1.807, 2.05) is 0 Å². The number of hydrogen-bond donors (Lipinski definition) is 3. The van der Waals surface area contributed by atoms with Gasteiger partial charge in [0, 0.05) is 0 Å². The molecule has 0 amide bonds. The lowest BCUT2D eigenvalue weighted by Crippen LogP contribution is -2.49. The zero-order valence-corrected chi connectivity index (χ0v) is 10.9. The second-order valence-electron chi connectivity index (χ2n) is 5.11. The molecule has 0 saturated carbocycles. The van der Waals surface area contributed by atoms with Crippen molar-refractivity contribution >= 4 is 0 Å². The Morgan fingerprint density at radius 1 is 1.00 bits per heavy atom. The normalized spacial score (nSPS) is 27.3. The molecule has 3 N–H and O–H groups in total. The molecule has 2 saturated heterocycles. The van der Waals surface area contributed by atoms with Crippen LogP contribution in [-0.4, -0.2) is 86.5 Å². The molecule has 7 nitrogen and oxygen atoms in total. The Kier molecular flexibility index (Phi) is 5.52. The van der Waals surface area contributed by atoms with Gasteiger partial charge in [-0.25, -0.2) is 0 Å². The van der Waals surface area contributed by atoms with E-state index in [0.717, 1.165) is 0 Å². The van der Waals surface area contributed by atoms with Gasteiger partial charge in [0.25, 0.3) is 0 Å². The summed E-state index contributed by atoms with van der Waals surface area (Å²) in [4.78, 5) is 0. The van der Waals surface area contributed by atoms with Crippen molar-refractivity contribution in [2.45, 2.75) is 18.3 Å². The van der Waals surface area contributed by atoms with E-state index in [1.165, 1.54) is 0 Å². The standard InChI is InChI=1S/C12H22O7/c13-6-12(7-14,8-15)11(19-4-10-3-18-10)5-16-1-9-2-17-9/h9-11,13-15H,1-8H2. The Morgan fingerprint density at radius 3 is 2.00 bits per heavy atom. The quantitative estimate of drug-likeness (QED) is 0.381. The summed E-state index contributed by atoms with van der Waals surface area (Å²) in [5.74, 6) is 0. The van der Waals surface area contributed by atoms with Gasteiger partial charge in [-0.15, -0.1) is 0 Å². The van der Waals surface area contributed by atoms with E-state index in [9.17, 15) is 15.3 Å². The molecule has 0 aromatic carbocycles. The molecule has 2 aliphatic heterocycles. The Morgan fingerprint density at radius 2 is 1.53 bits per heavy atom. The third-order valence-corrected chi connectivity index (χ3v) is 3.49. The van der Waals surface area contributed by atoms with Crippen molar-refractivity contribution in [3.05, 3.63) is 0 Å². The fourth-order valence-corrected chi connectivity index (χ4v) is 1.72. The number of aliphatic hydroxyl groups is 3. The SMILES string of the molecule is OCC(CO)(CO)C(COCC1CO1)OCC1CO1. The van der Waals surface area contributed by atoms with Crippen molar-refractivity contribution in [3.8, 4) is 0 Å². The molecular formula is C12H22O7. The number of epoxide rings is 2. The summed E-state index contributed by atoms with van der Waals surface area (Å²) in [6.45, 7) is 1.25. The van der Waals surface area contributed by atoms with Crippen molar-refractivity contribution in [2.24, 2.45) is 5.41 Å². The molecule has 7 heteroatoms. The predicted octanol–water partition coefficient (Wildman–Crippen LogP) is -1.85. The smallest absolute Gasteiger partial charge is 0.104 e. The maximum atomic E-state index is 9.44. The van der Waals surface area contributed by atoms with Crippen LogP contribution in [0, 0.1) is 5.41 Å². The first kappa shape index (κ1) is 15.1. The van der Waals surface area contributed by atoms with Crippen LogP contribution in [0.3, 0.4) is 0 Å². The van der Waals surface area contributed by atoms with Gasteiger partial charge in [-0.1, -0.05) is 0 Å². The third-order valence-electron chi connectivity index (χ3n) is 3.49. The zero-order valence-electron chi connectivity index (χ0n) is 10.9. The summed E-state index contributed by atoms with van der Waals surface area (Å²) in [5.41, 5.74) is -1.11. The number of rotatable bonds is 11. The van der Waals surface area contributed by atoms with E-state index in [1.54, 1.807) is 0 Å². The van der Waals surface area contributed by atoms with Crippen LogP contribution in [0.25, 0.3) is 0 Å². The van der Waals surface area contributed by atoms with Crippen LogP contribution >= 0.6 is 0 Å². The Balaban J connectivity index is 1.84. The molecule has 2 fully saturated rings. The average molecular weight is 278 g/mol. The topological polar surface area (TPSA) is 104 Å². The van der Waals surface area contributed by atoms with Crippen LogP contribution in [0.15, 0.2) is 0 Å². The van der Waals surface area contributed by atoms with Crippen LogP contribution in [0.1, 0.15) is 0 Å². The minimum absolute atomic E-state index is 0.0723. The highest BCUT2D eigenvalue weighted by Gasteiger charge is 2.40. The molecule has 112 valence electrons. The van der Waals surface area contributed by atoms with Crippen LogP contribution in [0.2, 0.25) is 0 Å². The molecule has 3 unspecified atom stereocenters. The molecular weight excluding hydrogens is 256 g/mol. The number of hydrogen-bond acceptors (Lipinski definition) is 7. The summed E-state index contributed by atoms with van der Waals surface area (Å²) in [7, 11) is 0. The van der Waals surface area contributed by atoms with Crippen LogP contribution in [0.5, 0.6) is 0 Å². The molecule has 0 spiro atoms. The zero-order chi connectivity index (χ0) is 13.7. The van der Waals surface area contributed by atoms with Crippen molar-refractivity contribution < 1.29 is 34.3 Å². The monoisotopic (exact) mass is 278 g/mol. The largest absolute Gasteiger partial charge is 0.396 e. The first-order valence-electron chi connectivity index (χ1n) is 6.49. The van der Waals surface area contributed by atoms with E-state index in [2.05, 4.69) is 0 Å². The highest BCUT2D eigenvalue weighted by molar-refractivity contribution is 4.87. The van der Waals surface area contributed by atoms with E-state index < -0.39 is 11.5 Å². The maximum absolute atomic E-state index is 9.44. The minimum Gasteiger partial charge on any atom is -0.396 e. The van der Waals surface area contributed by atoms with Gasteiger partial charge in [-0.05, 0) is 0 Å². The van der Waals surface area contributed by atoms with Crippen molar-refractivity contribution in [2.75, 3.05) is 52.9 Å². The van der Waals surface area contributed by atoms with Gasteiger partial charge in [0.1, 0.15) is 12.2 Å². The first-order valence-corrected chi connectivity index (χ1v) is 6.49. The molecule has 0 aromatic rings. The van der Waals surface area contributed by atoms with E-state index in [4.69, 9.17) is 18.9 Å². The lowest BCUT2D eigenvalue weighted by molar-refractivity contribution is -0.141. The average Bonchev–Trinajstić information content (AvgIpc) is 3.31. The van der Waals surface area contributed by atoms with Crippen molar-refractivity contribution in [3.63, 3.8) is 0 Å². The van der Waals surface area contributed by atoms with E-state index >= 15 is 0 Å². The number of ether oxygens (including phenoxy) is 4. The molecule has 0 aliphatic carbocycles. The third kappa shape index (κ3) is 4.35. The van der Waals surface area contributed by atoms with E-state index in [-0.39, 0.29) is 38.6 Å². The summed E-state index contributed by atoms with van der Waals surface area (Å²) in [5, 5.41) is 28.3. The summed E-state index contributed by atoms with van der Waals surface area (Å²) in [6, 6.07) is 0.